The predicted molar refractivity (Wildman–Crippen MR) is 108 cm³/mol. The Hall–Kier alpha value is -2.97. The van der Waals surface area contributed by atoms with Crippen molar-refractivity contribution in [2.45, 2.75) is 26.2 Å². The van der Waals surface area contributed by atoms with E-state index in [1.54, 1.807) is 32.3 Å². The van der Waals surface area contributed by atoms with Crippen molar-refractivity contribution in [3.05, 3.63) is 53.2 Å². The van der Waals surface area contributed by atoms with Gasteiger partial charge < -0.3 is 20.3 Å². The van der Waals surface area contributed by atoms with Crippen LogP contribution in [0, 0.1) is 6.92 Å². The fourth-order valence-electron chi connectivity index (χ4n) is 2.65. The van der Waals surface area contributed by atoms with Crippen molar-refractivity contribution in [1.29, 1.82) is 0 Å². The van der Waals surface area contributed by atoms with Gasteiger partial charge in [-0.15, -0.1) is 0 Å². The highest BCUT2D eigenvalue weighted by atomic mass is 19.4. The Bertz CT molecular complexity index is 837. The minimum Gasteiger partial charge on any atom is -0.484 e. The van der Waals surface area contributed by atoms with E-state index < -0.39 is 12.8 Å². The molecule has 6 nitrogen and oxygen atoms in total. The molecule has 2 N–H and O–H groups in total. The smallest absolute Gasteiger partial charge is 0.422 e. The second-order valence-electron chi connectivity index (χ2n) is 6.67. The second kappa shape index (κ2) is 9.99. The molecule has 2 rings (SSSR count). The molecular weight excluding hydrogens is 383 g/mol. The minimum absolute atomic E-state index is 0.201. The first-order valence-electron chi connectivity index (χ1n) is 9.04. The molecule has 0 aliphatic heterocycles. The number of rotatable bonds is 7. The Morgan fingerprint density at radius 3 is 2.45 bits per heavy atom. The molecule has 0 unspecified atom stereocenters. The Labute approximate surface area is 168 Å². The normalized spacial score (nSPS) is 11.9. The van der Waals surface area contributed by atoms with E-state index in [1.807, 2.05) is 37.2 Å². The number of anilines is 1. The zero-order valence-corrected chi connectivity index (χ0v) is 17.0. The summed E-state index contributed by atoms with van der Waals surface area (Å²) in [5, 5.41) is 6.30. The molecule has 0 radical (unpaired) electrons. The molecule has 9 heteroatoms. The largest absolute Gasteiger partial charge is 0.484 e. The first kappa shape index (κ1) is 22.3. The molecular formula is C20H26F3N5O. The van der Waals surface area contributed by atoms with Crippen LogP contribution in [0.15, 0.2) is 41.5 Å². The number of benzene rings is 1. The van der Waals surface area contributed by atoms with Crippen LogP contribution in [0.4, 0.5) is 19.0 Å². The van der Waals surface area contributed by atoms with Crippen LogP contribution in [0.5, 0.6) is 5.75 Å². The van der Waals surface area contributed by atoms with Crippen LogP contribution in [0.3, 0.4) is 0 Å². The summed E-state index contributed by atoms with van der Waals surface area (Å²) in [7, 11) is 5.46. The summed E-state index contributed by atoms with van der Waals surface area (Å²) >= 11 is 0. The average molecular weight is 409 g/mol. The number of pyridine rings is 1. The van der Waals surface area contributed by atoms with Crippen molar-refractivity contribution < 1.29 is 17.9 Å². The van der Waals surface area contributed by atoms with Gasteiger partial charge in [-0.05, 0) is 24.6 Å². The van der Waals surface area contributed by atoms with Crippen LogP contribution in [0.2, 0.25) is 0 Å². The number of halogens is 3. The molecule has 1 aromatic heterocycles. The van der Waals surface area contributed by atoms with E-state index in [-0.39, 0.29) is 12.3 Å². The highest BCUT2D eigenvalue weighted by Gasteiger charge is 2.28. The molecule has 0 amide bonds. The van der Waals surface area contributed by atoms with Crippen LogP contribution in [0.1, 0.15) is 16.7 Å². The lowest BCUT2D eigenvalue weighted by Gasteiger charge is -2.18. The van der Waals surface area contributed by atoms with Gasteiger partial charge in [0.25, 0.3) is 0 Å². The van der Waals surface area contributed by atoms with E-state index in [0.29, 0.717) is 18.1 Å². The van der Waals surface area contributed by atoms with Gasteiger partial charge in [0.15, 0.2) is 12.6 Å². The number of nitrogens with zero attached hydrogens (tertiary/aromatic N) is 3. The van der Waals surface area contributed by atoms with Crippen LogP contribution in [-0.4, -0.2) is 44.9 Å². The standard InChI is InChI=1S/C20H26F3N5O/c1-14-7-8-15(17(10-14)29-13-20(21,22)23)11-26-19(24-2)27-12-16-6-5-9-25-18(16)28(3)4/h5-10H,11-13H2,1-4H3,(H2,24,26,27). The van der Waals surface area contributed by atoms with Crippen LogP contribution < -0.4 is 20.3 Å². The van der Waals surface area contributed by atoms with Crippen LogP contribution in [0.25, 0.3) is 0 Å². The SMILES string of the molecule is CN=C(NCc1ccc(C)cc1OCC(F)(F)F)NCc1cccnc1N(C)C. The number of hydrogen-bond acceptors (Lipinski definition) is 4. The topological polar surface area (TPSA) is 61.8 Å². The van der Waals surface area contributed by atoms with Gasteiger partial charge >= 0.3 is 6.18 Å². The maximum Gasteiger partial charge on any atom is 0.422 e. The van der Waals surface area contributed by atoms with Crippen molar-refractivity contribution in [2.75, 3.05) is 32.6 Å². The van der Waals surface area contributed by atoms with Gasteiger partial charge in [0.2, 0.25) is 0 Å². The molecule has 1 aromatic carbocycles. The van der Waals surface area contributed by atoms with Crippen molar-refractivity contribution in [3.8, 4) is 5.75 Å². The summed E-state index contributed by atoms with van der Waals surface area (Å²) < 4.78 is 42.5. The van der Waals surface area contributed by atoms with Gasteiger partial charge in [0.1, 0.15) is 11.6 Å². The number of hydrogen-bond donors (Lipinski definition) is 2. The van der Waals surface area contributed by atoms with Gasteiger partial charge in [0.05, 0.1) is 0 Å². The molecule has 0 bridgehead atoms. The molecule has 0 saturated heterocycles. The lowest BCUT2D eigenvalue weighted by molar-refractivity contribution is -0.153. The van der Waals surface area contributed by atoms with Crippen molar-refractivity contribution in [1.82, 2.24) is 15.6 Å². The van der Waals surface area contributed by atoms with E-state index in [9.17, 15) is 13.2 Å². The fraction of sp³-hybridized carbons (Fsp3) is 0.400. The zero-order valence-electron chi connectivity index (χ0n) is 17.0. The zero-order chi connectivity index (χ0) is 21.4. The first-order chi connectivity index (χ1) is 13.7. The monoisotopic (exact) mass is 409 g/mol. The van der Waals surface area contributed by atoms with Gasteiger partial charge in [-0.3, -0.25) is 4.99 Å². The summed E-state index contributed by atoms with van der Waals surface area (Å²) in [6.07, 6.45) is -2.66. The maximum atomic E-state index is 12.5. The molecule has 0 aliphatic carbocycles. The highest BCUT2D eigenvalue weighted by molar-refractivity contribution is 5.79. The third-order valence-corrected chi connectivity index (χ3v) is 4.02. The number of guanidine groups is 1. The van der Waals surface area contributed by atoms with E-state index in [2.05, 4.69) is 20.6 Å². The summed E-state index contributed by atoms with van der Waals surface area (Å²) in [5.74, 6) is 1.56. The number of aryl methyl sites for hydroxylation is 1. The summed E-state index contributed by atoms with van der Waals surface area (Å²) in [6.45, 7) is 1.23. The molecule has 0 spiro atoms. The first-order valence-corrected chi connectivity index (χ1v) is 9.04. The highest BCUT2D eigenvalue weighted by Crippen LogP contribution is 2.23. The summed E-state index contributed by atoms with van der Waals surface area (Å²) in [6, 6.07) is 8.99. The Morgan fingerprint density at radius 2 is 1.83 bits per heavy atom. The van der Waals surface area contributed by atoms with E-state index >= 15 is 0 Å². The van der Waals surface area contributed by atoms with Gasteiger partial charge in [0, 0.05) is 51.6 Å². The molecule has 0 aliphatic rings. The number of alkyl halides is 3. The maximum absolute atomic E-state index is 12.5. The Balaban J connectivity index is 2.01. The number of aliphatic imine (C=N–C) groups is 1. The van der Waals surface area contributed by atoms with Gasteiger partial charge in [-0.1, -0.05) is 18.2 Å². The molecule has 2 aromatic rings. The molecule has 158 valence electrons. The predicted octanol–water partition coefficient (Wildman–Crippen LogP) is 3.26. The number of aromatic nitrogens is 1. The lowest BCUT2D eigenvalue weighted by Crippen LogP contribution is -2.36. The number of ether oxygens (including phenoxy) is 1. The van der Waals surface area contributed by atoms with E-state index in [0.717, 1.165) is 16.9 Å². The molecule has 0 atom stereocenters. The number of nitrogens with one attached hydrogen (secondary N) is 2. The van der Waals surface area contributed by atoms with Crippen LogP contribution in [-0.2, 0) is 13.1 Å². The Morgan fingerprint density at radius 1 is 1.14 bits per heavy atom. The fourth-order valence-corrected chi connectivity index (χ4v) is 2.65. The minimum atomic E-state index is -4.39. The molecule has 29 heavy (non-hydrogen) atoms. The van der Waals surface area contributed by atoms with Crippen molar-refractivity contribution >= 4 is 11.8 Å². The van der Waals surface area contributed by atoms with Crippen LogP contribution >= 0.6 is 0 Å². The average Bonchev–Trinajstić information content (AvgIpc) is 2.67. The lowest BCUT2D eigenvalue weighted by atomic mass is 10.1. The molecule has 1 heterocycles. The van der Waals surface area contributed by atoms with Gasteiger partial charge in [-0.25, -0.2) is 4.98 Å². The van der Waals surface area contributed by atoms with E-state index in [1.165, 1.54) is 0 Å². The van der Waals surface area contributed by atoms with Gasteiger partial charge in [-0.2, -0.15) is 13.2 Å². The summed E-state index contributed by atoms with van der Waals surface area (Å²) in [4.78, 5) is 10.4. The van der Waals surface area contributed by atoms with Crippen molar-refractivity contribution in [2.24, 2.45) is 4.99 Å². The quantitative estimate of drug-likeness (QED) is 0.543. The third kappa shape index (κ3) is 7.17. The molecule has 0 fully saturated rings. The Kier molecular flexibility index (Phi) is 7.69. The van der Waals surface area contributed by atoms with E-state index in [4.69, 9.17) is 4.74 Å². The molecule has 0 saturated carbocycles. The third-order valence-electron chi connectivity index (χ3n) is 4.02. The summed E-state index contributed by atoms with van der Waals surface area (Å²) in [5.41, 5.74) is 2.42. The van der Waals surface area contributed by atoms with Crippen molar-refractivity contribution in [3.63, 3.8) is 0 Å². The second-order valence-corrected chi connectivity index (χ2v) is 6.67.